The molecule has 0 aromatic heterocycles. The Morgan fingerprint density at radius 3 is 2.84 bits per heavy atom. The van der Waals surface area contributed by atoms with Gasteiger partial charge in [-0.05, 0) is 77.0 Å². The van der Waals surface area contributed by atoms with Gasteiger partial charge < -0.3 is 20.3 Å². The molecule has 1 saturated heterocycles. The van der Waals surface area contributed by atoms with E-state index in [1.807, 2.05) is 23.1 Å². The largest absolute Gasteiger partial charge is 0.496 e. The number of amides is 3. The minimum Gasteiger partial charge on any atom is -0.496 e. The van der Waals surface area contributed by atoms with Crippen LogP contribution in [-0.2, 0) is 11.2 Å². The van der Waals surface area contributed by atoms with Crippen LogP contribution in [0.3, 0.4) is 0 Å². The van der Waals surface area contributed by atoms with Crippen LogP contribution < -0.4 is 15.4 Å². The second-order valence-electron chi connectivity index (χ2n) is 7.66. The number of hydrogen-bond donors (Lipinski definition) is 2. The third-order valence-electron chi connectivity index (χ3n) is 5.35. The lowest BCUT2D eigenvalue weighted by atomic mass is 9.97. The lowest BCUT2D eigenvalue weighted by Crippen LogP contribution is -2.44. The van der Waals surface area contributed by atoms with Crippen molar-refractivity contribution in [2.24, 2.45) is 5.92 Å². The fourth-order valence-electron chi connectivity index (χ4n) is 3.71. The molecular weight excluding hydrogens is 465 g/mol. The van der Waals surface area contributed by atoms with Gasteiger partial charge >= 0.3 is 6.03 Å². The molecule has 2 aromatic rings. The maximum absolute atomic E-state index is 13.2. The Hall–Kier alpha value is -2.61. The van der Waals surface area contributed by atoms with Gasteiger partial charge in [0.15, 0.2) is 0 Å². The summed E-state index contributed by atoms with van der Waals surface area (Å²) in [5.41, 5.74) is 1.48. The van der Waals surface area contributed by atoms with Crippen LogP contribution >= 0.6 is 15.9 Å². The van der Waals surface area contributed by atoms with Crippen molar-refractivity contribution in [3.05, 3.63) is 58.3 Å². The van der Waals surface area contributed by atoms with E-state index in [1.54, 1.807) is 19.2 Å². The smallest absolute Gasteiger partial charge is 0.319 e. The van der Waals surface area contributed by atoms with Crippen molar-refractivity contribution in [1.29, 1.82) is 0 Å². The fourth-order valence-corrected chi connectivity index (χ4v) is 4.30. The van der Waals surface area contributed by atoms with E-state index >= 15 is 0 Å². The molecular formula is C23H27BrFN3O3. The first kappa shape index (κ1) is 23.1. The van der Waals surface area contributed by atoms with Gasteiger partial charge in [-0.3, -0.25) is 4.79 Å². The third kappa shape index (κ3) is 6.95. The number of ether oxygens (including phenoxy) is 1. The van der Waals surface area contributed by atoms with Gasteiger partial charge in [-0.15, -0.1) is 0 Å². The quantitative estimate of drug-likeness (QED) is 0.594. The number of urea groups is 1. The molecule has 1 heterocycles. The highest BCUT2D eigenvalue weighted by Crippen LogP contribution is 2.26. The number of carbonyl (C=O) groups is 2. The predicted octanol–water partition coefficient (Wildman–Crippen LogP) is 4.59. The van der Waals surface area contributed by atoms with Gasteiger partial charge in [0.2, 0.25) is 5.91 Å². The molecule has 0 bridgehead atoms. The number of rotatable bonds is 7. The average molecular weight is 492 g/mol. The van der Waals surface area contributed by atoms with E-state index in [1.165, 1.54) is 12.1 Å². The first-order valence-corrected chi connectivity index (χ1v) is 11.1. The molecule has 166 valence electrons. The van der Waals surface area contributed by atoms with Crippen LogP contribution in [0.2, 0.25) is 0 Å². The number of hydrogen-bond acceptors (Lipinski definition) is 3. The Morgan fingerprint density at radius 1 is 1.26 bits per heavy atom. The monoisotopic (exact) mass is 491 g/mol. The molecule has 1 aliphatic rings. The van der Waals surface area contributed by atoms with E-state index in [0.717, 1.165) is 35.2 Å². The number of likely N-dealkylation sites (tertiary alicyclic amines) is 1. The molecule has 8 heteroatoms. The molecule has 0 radical (unpaired) electrons. The summed E-state index contributed by atoms with van der Waals surface area (Å²) in [5, 5.41) is 5.45. The van der Waals surface area contributed by atoms with Crippen LogP contribution in [0.1, 0.15) is 24.8 Å². The Balaban J connectivity index is 1.43. The zero-order valence-electron chi connectivity index (χ0n) is 17.5. The molecule has 1 atom stereocenters. The molecule has 1 unspecified atom stereocenters. The Morgan fingerprint density at radius 2 is 2.10 bits per heavy atom. The van der Waals surface area contributed by atoms with Crippen LogP contribution in [0.4, 0.5) is 14.9 Å². The molecule has 0 aliphatic carbocycles. The number of benzene rings is 2. The zero-order chi connectivity index (χ0) is 22.2. The molecule has 1 aliphatic heterocycles. The van der Waals surface area contributed by atoms with Gasteiger partial charge in [0, 0.05) is 31.7 Å². The summed E-state index contributed by atoms with van der Waals surface area (Å²) < 4.78 is 19.3. The van der Waals surface area contributed by atoms with Crippen molar-refractivity contribution < 1.29 is 18.7 Å². The number of anilines is 1. The maximum Gasteiger partial charge on any atom is 0.319 e. The first-order chi connectivity index (χ1) is 14.9. The molecule has 0 saturated carbocycles. The van der Waals surface area contributed by atoms with Gasteiger partial charge in [0.1, 0.15) is 11.6 Å². The highest BCUT2D eigenvalue weighted by atomic mass is 79.9. The normalized spacial score (nSPS) is 16.0. The number of nitrogens with one attached hydrogen (secondary N) is 2. The SMILES string of the molecule is COc1ccc(CCC(=O)N2CCCC(CNC(=O)Nc3cccc(F)c3)C2)cc1Br. The van der Waals surface area contributed by atoms with Crippen molar-refractivity contribution in [3.8, 4) is 5.75 Å². The molecule has 0 spiro atoms. The number of nitrogens with zero attached hydrogens (tertiary/aromatic N) is 1. The van der Waals surface area contributed by atoms with Crippen LogP contribution in [0, 0.1) is 11.7 Å². The molecule has 3 rings (SSSR count). The van der Waals surface area contributed by atoms with Crippen molar-refractivity contribution in [3.63, 3.8) is 0 Å². The molecule has 31 heavy (non-hydrogen) atoms. The molecule has 2 N–H and O–H groups in total. The molecule has 1 fully saturated rings. The summed E-state index contributed by atoms with van der Waals surface area (Å²) >= 11 is 3.47. The minimum absolute atomic E-state index is 0.126. The van der Waals surface area contributed by atoms with E-state index in [0.29, 0.717) is 31.6 Å². The average Bonchev–Trinajstić information content (AvgIpc) is 2.76. The van der Waals surface area contributed by atoms with Crippen LogP contribution in [0.15, 0.2) is 46.9 Å². The summed E-state index contributed by atoms with van der Waals surface area (Å²) in [6.45, 7) is 1.85. The number of piperidine rings is 1. The van der Waals surface area contributed by atoms with E-state index in [-0.39, 0.29) is 17.9 Å². The standard InChI is InChI=1S/C23H27BrFN3O3/c1-31-21-9-7-16(12-20(21)24)8-10-22(29)28-11-3-4-17(15-28)14-26-23(30)27-19-6-2-5-18(25)13-19/h2,5-7,9,12-13,17H,3-4,8,10-11,14-15H2,1H3,(H2,26,27,30). The second-order valence-corrected chi connectivity index (χ2v) is 8.52. The number of halogens is 2. The van der Waals surface area contributed by atoms with Crippen molar-refractivity contribution in [1.82, 2.24) is 10.2 Å². The van der Waals surface area contributed by atoms with E-state index in [4.69, 9.17) is 4.74 Å². The summed E-state index contributed by atoms with van der Waals surface area (Å²) in [6, 6.07) is 11.2. The van der Waals surface area contributed by atoms with Gasteiger partial charge in [-0.2, -0.15) is 0 Å². The Bertz CT molecular complexity index is 925. The number of methoxy groups -OCH3 is 1. The lowest BCUT2D eigenvalue weighted by molar-refractivity contribution is -0.132. The van der Waals surface area contributed by atoms with Gasteiger partial charge in [-0.25, -0.2) is 9.18 Å². The van der Waals surface area contributed by atoms with Crippen LogP contribution in [0.25, 0.3) is 0 Å². The van der Waals surface area contributed by atoms with Crippen LogP contribution in [-0.4, -0.2) is 43.6 Å². The molecule has 3 amide bonds. The summed E-state index contributed by atoms with van der Waals surface area (Å²) in [5.74, 6) is 0.691. The van der Waals surface area contributed by atoms with E-state index < -0.39 is 5.82 Å². The Kier molecular flexibility index (Phi) is 8.28. The van der Waals surface area contributed by atoms with E-state index in [2.05, 4.69) is 26.6 Å². The van der Waals surface area contributed by atoms with Gasteiger partial charge in [-0.1, -0.05) is 12.1 Å². The Labute approximate surface area is 190 Å². The molecule has 2 aromatic carbocycles. The van der Waals surface area contributed by atoms with Crippen molar-refractivity contribution in [2.75, 3.05) is 32.1 Å². The zero-order valence-corrected chi connectivity index (χ0v) is 19.1. The third-order valence-corrected chi connectivity index (χ3v) is 5.97. The van der Waals surface area contributed by atoms with Gasteiger partial charge in [0.05, 0.1) is 11.6 Å². The van der Waals surface area contributed by atoms with Crippen molar-refractivity contribution >= 4 is 33.6 Å². The highest BCUT2D eigenvalue weighted by molar-refractivity contribution is 9.10. The summed E-state index contributed by atoms with van der Waals surface area (Å²) in [4.78, 5) is 26.7. The predicted molar refractivity (Wildman–Crippen MR) is 122 cm³/mol. The minimum atomic E-state index is -0.402. The van der Waals surface area contributed by atoms with Gasteiger partial charge in [0.25, 0.3) is 0 Å². The van der Waals surface area contributed by atoms with E-state index in [9.17, 15) is 14.0 Å². The summed E-state index contributed by atoms with van der Waals surface area (Å²) in [6.07, 6.45) is 2.98. The highest BCUT2D eigenvalue weighted by Gasteiger charge is 2.23. The second kappa shape index (κ2) is 11.1. The van der Waals surface area contributed by atoms with Crippen LogP contribution in [0.5, 0.6) is 5.75 Å². The number of aryl methyl sites for hydroxylation is 1. The topological polar surface area (TPSA) is 70.7 Å². The first-order valence-electron chi connectivity index (χ1n) is 10.3. The number of carbonyl (C=O) groups excluding carboxylic acids is 2. The maximum atomic E-state index is 13.2. The molecule has 6 nitrogen and oxygen atoms in total. The fraction of sp³-hybridized carbons (Fsp3) is 0.391. The lowest BCUT2D eigenvalue weighted by Gasteiger charge is -2.33. The summed E-state index contributed by atoms with van der Waals surface area (Å²) in [7, 11) is 1.62. The van der Waals surface area contributed by atoms with Crippen molar-refractivity contribution in [2.45, 2.75) is 25.7 Å².